The van der Waals surface area contributed by atoms with Crippen LogP contribution >= 0.6 is 21.6 Å². The number of benzene rings is 1. The van der Waals surface area contributed by atoms with E-state index in [1.807, 2.05) is 21.6 Å². The number of rotatable bonds is 8. The van der Waals surface area contributed by atoms with Gasteiger partial charge in [-0.05, 0) is 31.4 Å². The van der Waals surface area contributed by atoms with E-state index >= 15 is 0 Å². The molecule has 1 aliphatic rings. The average molecular weight is 392 g/mol. The van der Waals surface area contributed by atoms with E-state index in [-0.39, 0.29) is 12.5 Å². The quantitative estimate of drug-likeness (QED) is 0.401. The molecule has 25 heavy (non-hydrogen) atoms. The van der Waals surface area contributed by atoms with E-state index in [2.05, 4.69) is 10.6 Å². The fourth-order valence-electron chi connectivity index (χ4n) is 2.31. The highest BCUT2D eigenvalue weighted by Crippen LogP contribution is 2.39. The average Bonchev–Trinajstić information content (AvgIpc) is 3.11. The second-order valence-corrected chi connectivity index (χ2v) is 8.41. The van der Waals surface area contributed by atoms with Crippen LogP contribution in [0, 0.1) is 17.5 Å². The molecule has 1 aromatic carbocycles. The van der Waals surface area contributed by atoms with Gasteiger partial charge in [-0.1, -0.05) is 28.0 Å². The summed E-state index contributed by atoms with van der Waals surface area (Å²) < 4.78 is 39.3. The predicted molar refractivity (Wildman–Crippen MR) is 94.9 cm³/mol. The fourth-order valence-corrected chi connectivity index (χ4v) is 5.33. The van der Waals surface area contributed by atoms with Gasteiger partial charge in [0.05, 0.1) is 12.2 Å². The summed E-state index contributed by atoms with van der Waals surface area (Å²) in [4.78, 5) is 23.3. The van der Waals surface area contributed by atoms with E-state index in [1.54, 1.807) is 0 Å². The molecule has 138 valence electrons. The summed E-state index contributed by atoms with van der Waals surface area (Å²) in [5, 5.41) is 5.19. The van der Waals surface area contributed by atoms with Crippen molar-refractivity contribution in [2.24, 2.45) is 0 Å². The van der Waals surface area contributed by atoms with Crippen LogP contribution in [0.3, 0.4) is 0 Å². The number of unbranched alkanes of at least 4 members (excludes halogenated alkanes) is 1. The minimum absolute atomic E-state index is 0.269. The van der Waals surface area contributed by atoms with Crippen LogP contribution in [-0.2, 0) is 9.59 Å². The molecule has 9 heteroatoms. The van der Waals surface area contributed by atoms with Gasteiger partial charge < -0.3 is 10.6 Å². The Bertz CT molecular complexity index is 626. The Balaban J connectivity index is 1.64. The van der Waals surface area contributed by atoms with Crippen molar-refractivity contribution < 1.29 is 22.8 Å². The van der Waals surface area contributed by atoms with Gasteiger partial charge in [-0.15, -0.1) is 0 Å². The summed E-state index contributed by atoms with van der Waals surface area (Å²) in [7, 11) is 3.78. The molecule has 2 N–H and O–H groups in total. The molecule has 1 unspecified atom stereocenters. The molecule has 0 aliphatic carbocycles. The number of halogens is 3. The molecular weight excluding hydrogens is 373 g/mol. The Labute approximate surface area is 152 Å². The van der Waals surface area contributed by atoms with Crippen molar-refractivity contribution in [3.05, 3.63) is 29.6 Å². The highest BCUT2D eigenvalue weighted by atomic mass is 33.1. The number of carbonyl (C=O) groups is 2. The third-order valence-electron chi connectivity index (χ3n) is 3.66. The SMILES string of the molecule is O=C(CCCCC1CCSS1)NCC(=O)Nc1ccc(F)c(F)c1F. The van der Waals surface area contributed by atoms with E-state index in [0.29, 0.717) is 17.7 Å². The molecule has 2 rings (SSSR count). The lowest BCUT2D eigenvalue weighted by Crippen LogP contribution is -2.33. The first-order valence-corrected chi connectivity index (χ1v) is 10.3. The van der Waals surface area contributed by atoms with E-state index < -0.39 is 29.0 Å². The lowest BCUT2D eigenvalue weighted by atomic mass is 10.1. The molecule has 1 heterocycles. The topological polar surface area (TPSA) is 58.2 Å². The van der Waals surface area contributed by atoms with Gasteiger partial charge in [-0.3, -0.25) is 9.59 Å². The van der Waals surface area contributed by atoms with Gasteiger partial charge in [-0.25, -0.2) is 13.2 Å². The van der Waals surface area contributed by atoms with Crippen LogP contribution in [-0.4, -0.2) is 29.4 Å². The molecule has 1 atom stereocenters. The Morgan fingerprint density at radius 2 is 1.92 bits per heavy atom. The first-order valence-electron chi connectivity index (χ1n) is 7.95. The summed E-state index contributed by atoms with van der Waals surface area (Å²) in [5.74, 6) is -4.25. The smallest absolute Gasteiger partial charge is 0.243 e. The van der Waals surface area contributed by atoms with Crippen LogP contribution in [0.2, 0.25) is 0 Å². The van der Waals surface area contributed by atoms with Gasteiger partial charge in [0, 0.05) is 17.4 Å². The molecule has 2 amide bonds. The summed E-state index contributed by atoms with van der Waals surface area (Å²) in [6.45, 7) is -0.355. The Morgan fingerprint density at radius 3 is 2.64 bits per heavy atom. The van der Waals surface area contributed by atoms with Crippen LogP contribution in [0.5, 0.6) is 0 Å². The lowest BCUT2D eigenvalue weighted by Gasteiger charge is -2.09. The molecule has 1 fully saturated rings. The second-order valence-electron chi connectivity index (χ2n) is 5.62. The van der Waals surface area contributed by atoms with Gasteiger partial charge in [-0.2, -0.15) is 0 Å². The van der Waals surface area contributed by atoms with Crippen LogP contribution in [0.4, 0.5) is 18.9 Å². The van der Waals surface area contributed by atoms with Crippen molar-refractivity contribution >= 4 is 39.1 Å². The van der Waals surface area contributed by atoms with Crippen molar-refractivity contribution in [1.82, 2.24) is 5.32 Å². The third kappa shape index (κ3) is 6.47. The van der Waals surface area contributed by atoms with Crippen molar-refractivity contribution in [2.45, 2.75) is 37.4 Å². The number of carbonyl (C=O) groups excluding carboxylic acids is 2. The molecule has 0 saturated carbocycles. The summed E-state index contributed by atoms with van der Waals surface area (Å²) in [5.41, 5.74) is -0.468. The summed E-state index contributed by atoms with van der Waals surface area (Å²) in [6.07, 6.45) is 4.31. The van der Waals surface area contributed by atoms with Crippen molar-refractivity contribution in [1.29, 1.82) is 0 Å². The normalized spacial score (nSPS) is 16.7. The Hall–Kier alpha value is -1.35. The molecular formula is C16H19F3N2O2S2. The van der Waals surface area contributed by atoms with Crippen molar-refractivity contribution in [2.75, 3.05) is 17.6 Å². The van der Waals surface area contributed by atoms with Crippen LogP contribution < -0.4 is 10.6 Å². The number of hydrogen-bond donors (Lipinski definition) is 2. The number of nitrogens with one attached hydrogen (secondary N) is 2. The Kier molecular flexibility index (Phi) is 7.95. The maximum Gasteiger partial charge on any atom is 0.243 e. The van der Waals surface area contributed by atoms with Crippen molar-refractivity contribution in [3.63, 3.8) is 0 Å². The Morgan fingerprint density at radius 1 is 1.12 bits per heavy atom. The highest BCUT2D eigenvalue weighted by Gasteiger charge is 2.17. The zero-order valence-electron chi connectivity index (χ0n) is 13.4. The van der Waals surface area contributed by atoms with Crippen LogP contribution in [0.15, 0.2) is 12.1 Å². The second kappa shape index (κ2) is 9.96. The van der Waals surface area contributed by atoms with Gasteiger partial charge in [0.1, 0.15) is 0 Å². The molecule has 0 aromatic heterocycles. The van der Waals surface area contributed by atoms with E-state index in [4.69, 9.17) is 0 Å². The molecule has 0 radical (unpaired) electrons. The fraction of sp³-hybridized carbons (Fsp3) is 0.500. The molecule has 1 aliphatic heterocycles. The lowest BCUT2D eigenvalue weighted by molar-refractivity contribution is -0.124. The number of anilines is 1. The number of amides is 2. The van der Waals surface area contributed by atoms with Gasteiger partial charge in [0.25, 0.3) is 0 Å². The maximum absolute atomic E-state index is 13.4. The molecule has 4 nitrogen and oxygen atoms in total. The van der Waals surface area contributed by atoms with Gasteiger partial charge in [0.2, 0.25) is 11.8 Å². The van der Waals surface area contributed by atoms with Gasteiger partial charge in [0.15, 0.2) is 17.5 Å². The molecule has 0 bridgehead atoms. The minimum atomic E-state index is -1.65. The third-order valence-corrected chi connectivity index (χ3v) is 6.67. The summed E-state index contributed by atoms with van der Waals surface area (Å²) in [6, 6.07) is 1.64. The van der Waals surface area contributed by atoms with Crippen LogP contribution in [0.1, 0.15) is 32.1 Å². The van der Waals surface area contributed by atoms with E-state index in [9.17, 15) is 22.8 Å². The molecule has 1 aromatic rings. The highest BCUT2D eigenvalue weighted by molar-refractivity contribution is 8.77. The zero-order chi connectivity index (χ0) is 18.2. The largest absolute Gasteiger partial charge is 0.347 e. The van der Waals surface area contributed by atoms with Crippen LogP contribution in [0.25, 0.3) is 0 Å². The maximum atomic E-state index is 13.4. The molecule has 1 saturated heterocycles. The minimum Gasteiger partial charge on any atom is -0.347 e. The predicted octanol–water partition coefficient (Wildman–Crippen LogP) is 3.87. The standard InChI is InChI=1S/C16H19F3N2O2S2/c17-11-5-6-12(16(19)15(11)18)21-14(23)9-20-13(22)4-2-1-3-10-7-8-24-25-10/h5-6,10H,1-4,7-9H2,(H,20,22)(H,21,23). The van der Waals surface area contributed by atoms with Crippen molar-refractivity contribution in [3.8, 4) is 0 Å². The zero-order valence-corrected chi connectivity index (χ0v) is 15.1. The molecule has 0 spiro atoms. The van der Waals surface area contributed by atoms with E-state index in [0.717, 1.165) is 25.3 Å². The number of hydrogen-bond acceptors (Lipinski definition) is 4. The monoisotopic (exact) mass is 392 g/mol. The van der Waals surface area contributed by atoms with E-state index in [1.165, 1.54) is 12.2 Å². The first-order chi connectivity index (χ1) is 12.0. The van der Waals surface area contributed by atoms with Gasteiger partial charge >= 0.3 is 0 Å². The first kappa shape index (κ1) is 20.0. The summed E-state index contributed by atoms with van der Waals surface area (Å²) >= 11 is 0.